The van der Waals surface area contributed by atoms with E-state index in [9.17, 15) is 0 Å². The average Bonchev–Trinajstić information content (AvgIpc) is 2.81. The van der Waals surface area contributed by atoms with E-state index in [-0.39, 0.29) is 35.8 Å². The van der Waals surface area contributed by atoms with Crippen molar-refractivity contribution in [1.82, 2.24) is 0 Å². The first-order valence-corrected chi connectivity index (χ1v) is 9.46. The number of rotatable bonds is 2. The van der Waals surface area contributed by atoms with Crippen LogP contribution in [0.25, 0.3) is 43.8 Å². The van der Waals surface area contributed by atoms with Gasteiger partial charge < -0.3 is 0 Å². The highest BCUT2D eigenvalue weighted by molar-refractivity contribution is 9.10. The van der Waals surface area contributed by atoms with Crippen molar-refractivity contribution in [2.45, 2.75) is 0 Å². The second-order valence-electron chi connectivity index (χ2n) is 6.35. The molecule has 0 spiro atoms. The van der Waals surface area contributed by atoms with Gasteiger partial charge >= 0.3 is 0 Å². The largest absolute Gasteiger partial charge is 0.0629 e. The Morgan fingerprint density at radius 1 is 0.556 bits per heavy atom. The first kappa shape index (κ1) is 11.7. The third-order valence-electron chi connectivity index (χ3n) is 4.79. The summed E-state index contributed by atoms with van der Waals surface area (Å²) in [6.45, 7) is 0. The van der Waals surface area contributed by atoms with Gasteiger partial charge in [-0.2, -0.15) is 0 Å². The van der Waals surface area contributed by atoms with Crippen molar-refractivity contribution in [3.05, 3.63) is 107 Å². The molecule has 0 unspecified atom stereocenters. The van der Waals surface area contributed by atoms with Gasteiger partial charge in [0, 0.05) is 4.47 Å². The van der Waals surface area contributed by atoms with Gasteiger partial charge in [-0.05, 0) is 55.9 Å². The summed E-state index contributed by atoms with van der Waals surface area (Å²) in [6, 6.07) is 22.4. The molecule has 27 heavy (non-hydrogen) atoms. The van der Waals surface area contributed by atoms with Crippen LogP contribution in [0.4, 0.5) is 0 Å². The van der Waals surface area contributed by atoms with E-state index in [0.29, 0.717) is 5.56 Å². The molecule has 0 aliphatic carbocycles. The fourth-order valence-corrected chi connectivity index (χ4v) is 4.13. The van der Waals surface area contributed by atoms with E-state index in [4.69, 9.17) is 6.85 Å². The molecule has 0 saturated heterocycles. The van der Waals surface area contributed by atoms with E-state index in [0.717, 1.165) is 37.1 Å². The van der Waals surface area contributed by atoms with E-state index in [2.05, 4.69) is 28.1 Å². The third kappa shape index (κ3) is 2.75. The van der Waals surface area contributed by atoms with Crippen LogP contribution >= 0.6 is 15.9 Å². The van der Waals surface area contributed by atoms with E-state index in [1.54, 1.807) is 0 Å². The summed E-state index contributed by atoms with van der Waals surface area (Å²) in [7, 11) is 0. The lowest BCUT2D eigenvalue weighted by molar-refractivity contribution is 1.62. The fourth-order valence-electron chi connectivity index (χ4n) is 3.73. The molecule has 0 radical (unpaired) electrons. The predicted molar refractivity (Wildman–Crippen MR) is 120 cm³/mol. The number of benzene rings is 5. The van der Waals surface area contributed by atoms with Gasteiger partial charge in [-0.1, -0.05) is 107 Å². The summed E-state index contributed by atoms with van der Waals surface area (Å²) in [5, 5.41) is 3.62. The highest BCUT2D eigenvalue weighted by Crippen LogP contribution is 2.43. The van der Waals surface area contributed by atoms with Gasteiger partial charge in [-0.3, -0.25) is 0 Å². The number of fused-ring (bicyclic) bond motifs is 2. The first-order chi connectivity index (χ1) is 15.4. The Balaban J connectivity index is 2.04. The van der Waals surface area contributed by atoms with Crippen molar-refractivity contribution in [3.8, 4) is 22.3 Å². The van der Waals surface area contributed by atoms with Crippen molar-refractivity contribution in [2.24, 2.45) is 0 Å². The number of hydrogen-bond donors (Lipinski definition) is 0. The molecule has 5 aromatic carbocycles. The van der Waals surface area contributed by atoms with Crippen molar-refractivity contribution in [2.75, 3.05) is 0 Å². The van der Waals surface area contributed by atoms with Crippen LogP contribution in [0.1, 0.15) is 6.85 Å². The highest BCUT2D eigenvalue weighted by atomic mass is 79.9. The third-order valence-corrected chi connectivity index (χ3v) is 5.29. The van der Waals surface area contributed by atoms with Crippen LogP contribution in [0, 0.1) is 0 Å². The lowest BCUT2D eigenvalue weighted by Crippen LogP contribution is -1.90. The maximum absolute atomic E-state index is 8.59. The molecule has 0 heterocycles. The van der Waals surface area contributed by atoms with Crippen LogP contribution in [0.5, 0.6) is 0 Å². The van der Waals surface area contributed by atoms with Crippen molar-refractivity contribution >= 4 is 37.5 Å². The van der Waals surface area contributed by atoms with Gasteiger partial charge in [0.1, 0.15) is 0 Å². The van der Waals surface area contributed by atoms with E-state index >= 15 is 0 Å². The molecule has 0 N–H and O–H groups in total. The molecule has 0 fully saturated rings. The predicted octanol–water partition coefficient (Wildman–Crippen LogP) is 8.09. The Morgan fingerprint density at radius 3 is 1.59 bits per heavy atom. The van der Waals surface area contributed by atoms with Gasteiger partial charge in [-0.15, -0.1) is 0 Å². The Kier molecular flexibility index (Phi) is 2.90. The maximum atomic E-state index is 8.59. The first-order valence-electron chi connectivity index (χ1n) is 11.2. The van der Waals surface area contributed by atoms with Gasteiger partial charge in [0.15, 0.2) is 0 Å². The molecule has 5 aromatic rings. The second kappa shape index (κ2) is 6.68. The van der Waals surface area contributed by atoms with E-state index in [1.165, 1.54) is 0 Å². The Bertz CT molecular complexity index is 1460. The summed E-state index contributed by atoms with van der Waals surface area (Å²) in [5.41, 5.74) is 2.98. The summed E-state index contributed by atoms with van der Waals surface area (Å²) >= 11 is 3.57. The zero-order chi connectivity index (χ0) is 22.6. The molecule has 0 aromatic heterocycles. The molecule has 0 nitrogen and oxygen atoms in total. The fraction of sp³-hybridized carbons (Fsp3) is 0. The number of halogens is 1. The minimum absolute atomic E-state index is 0.193. The summed E-state index contributed by atoms with van der Waals surface area (Å²) in [5.74, 6) is 0. The molecule has 1 heteroatoms. The van der Waals surface area contributed by atoms with Crippen molar-refractivity contribution in [1.29, 1.82) is 0 Å². The molecular weight excluding hydrogens is 392 g/mol. The van der Waals surface area contributed by atoms with E-state index in [1.807, 2.05) is 60.7 Å². The Hall–Kier alpha value is -2.90. The zero-order valence-corrected chi connectivity index (χ0v) is 15.9. The highest BCUT2D eigenvalue weighted by Gasteiger charge is 2.15. The molecule has 0 saturated carbocycles. The maximum Gasteiger partial charge on any atom is 0.0629 e. The van der Waals surface area contributed by atoms with Crippen LogP contribution in [-0.2, 0) is 0 Å². The zero-order valence-electron chi connectivity index (χ0n) is 19.3. The minimum atomic E-state index is -0.386. The second-order valence-corrected chi connectivity index (χ2v) is 7.27. The molecular formula is C26H17Br. The van der Waals surface area contributed by atoms with Gasteiger partial charge in [0.05, 0.1) is 6.85 Å². The molecule has 0 atom stereocenters. The summed E-state index contributed by atoms with van der Waals surface area (Å²) < 4.78 is 42.5. The summed E-state index contributed by atoms with van der Waals surface area (Å²) in [4.78, 5) is 0. The van der Waals surface area contributed by atoms with Gasteiger partial charge in [0.2, 0.25) is 0 Å². The van der Waals surface area contributed by atoms with Crippen molar-refractivity contribution in [3.63, 3.8) is 0 Å². The topological polar surface area (TPSA) is 0 Å². The quantitative estimate of drug-likeness (QED) is 0.256. The van der Waals surface area contributed by atoms with Crippen LogP contribution in [-0.4, -0.2) is 0 Å². The molecule has 0 amide bonds. The SMILES string of the molecule is [2H]c1c([2H])c([2H])c(-c2c3ccccc3c(-c3cccc(Br)c3)c3ccccc23)c([2H])c1[2H]. The Labute approximate surface area is 174 Å². The molecule has 0 aliphatic heterocycles. The Morgan fingerprint density at radius 2 is 1.07 bits per heavy atom. The van der Waals surface area contributed by atoms with Crippen LogP contribution < -0.4 is 0 Å². The molecule has 0 aliphatic rings. The van der Waals surface area contributed by atoms with Gasteiger partial charge in [0.25, 0.3) is 0 Å². The standard InChI is InChI=1S/C26H17Br/c27-20-12-8-11-19(17-20)26-23-15-6-4-13-21(23)25(18-9-2-1-3-10-18)22-14-5-7-16-24(22)26/h1-17H/i1D,2D,3D,9D,10D. The molecule has 5 rings (SSSR count). The van der Waals surface area contributed by atoms with Crippen LogP contribution in [0.3, 0.4) is 0 Å². The van der Waals surface area contributed by atoms with Crippen molar-refractivity contribution < 1.29 is 6.85 Å². The van der Waals surface area contributed by atoms with Crippen LogP contribution in [0.15, 0.2) is 107 Å². The van der Waals surface area contributed by atoms with Crippen LogP contribution in [0.2, 0.25) is 0 Å². The number of hydrogen-bond acceptors (Lipinski definition) is 0. The average molecular weight is 414 g/mol. The normalized spacial score (nSPS) is 13.7. The monoisotopic (exact) mass is 413 g/mol. The van der Waals surface area contributed by atoms with E-state index < -0.39 is 0 Å². The molecule has 128 valence electrons. The summed E-state index contributed by atoms with van der Waals surface area (Å²) in [6.07, 6.45) is 0. The smallest absolute Gasteiger partial charge is 0.0622 e. The molecule has 0 bridgehead atoms. The van der Waals surface area contributed by atoms with Gasteiger partial charge in [-0.25, -0.2) is 0 Å². The minimum Gasteiger partial charge on any atom is -0.0622 e. The lowest BCUT2D eigenvalue weighted by atomic mass is 9.86. The lowest BCUT2D eigenvalue weighted by Gasteiger charge is -2.17.